The van der Waals surface area contributed by atoms with Crippen molar-refractivity contribution in [2.45, 2.75) is 11.8 Å². The van der Waals surface area contributed by atoms with Gasteiger partial charge >= 0.3 is 0 Å². The number of hydrogen-bond acceptors (Lipinski definition) is 5. The van der Waals surface area contributed by atoms with Crippen molar-refractivity contribution in [2.24, 2.45) is 5.14 Å². The molecule has 0 fully saturated rings. The van der Waals surface area contributed by atoms with Crippen LogP contribution in [0.3, 0.4) is 0 Å². The summed E-state index contributed by atoms with van der Waals surface area (Å²) in [7, 11) is -4.94. The lowest BCUT2D eigenvalue weighted by Gasteiger charge is -2.11. The molecule has 7 nitrogen and oxygen atoms in total. The predicted molar refractivity (Wildman–Crippen MR) is 80.3 cm³/mol. The fourth-order valence-corrected chi connectivity index (χ4v) is 2.48. The zero-order valence-corrected chi connectivity index (χ0v) is 13.4. The molecule has 0 heterocycles. The van der Waals surface area contributed by atoms with Crippen molar-refractivity contribution >= 4 is 26.7 Å². The fraction of sp³-hybridized carbons (Fsp3) is 0.417. The van der Waals surface area contributed by atoms with E-state index in [-0.39, 0.29) is 22.8 Å². The van der Waals surface area contributed by atoms with E-state index in [9.17, 15) is 17.4 Å². The first-order valence-corrected chi connectivity index (χ1v) is 9.41. The number of benzene rings is 1. The number of amides is 1. The molecule has 0 spiro atoms. The molecule has 0 bridgehead atoms. The van der Waals surface area contributed by atoms with Gasteiger partial charge in [-0.2, -0.15) is 0 Å². The molecule has 1 atom stereocenters. The maximum atomic E-state index is 12.1. The quantitative estimate of drug-likeness (QED) is 0.719. The van der Waals surface area contributed by atoms with Crippen molar-refractivity contribution in [1.82, 2.24) is 5.32 Å². The first-order chi connectivity index (χ1) is 9.75. The first-order valence-electron chi connectivity index (χ1n) is 6.13. The van der Waals surface area contributed by atoms with Crippen LogP contribution < -0.4 is 15.2 Å². The van der Waals surface area contributed by atoms with Crippen LogP contribution in [0.25, 0.3) is 0 Å². The topological polar surface area (TPSA) is 116 Å². The third-order valence-corrected chi connectivity index (χ3v) is 4.19. The van der Waals surface area contributed by atoms with Crippen LogP contribution in [0.15, 0.2) is 23.1 Å². The third kappa shape index (κ3) is 5.44. The minimum Gasteiger partial charge on any atom is -0.493 e. The average molecular weight is 334 g/mol. The molecule has 1 aromatic rings. The monoisotopic (exact) mass is 334 g/mol. The molecule has 1 rings (SSSR count). The van der Waals surface area contributed by atoms with Crippen molar-refractivity contribution in [3.05, 3.63) is 23.8 Å². The van der Waals surface area contributed by atoms with Crippen LogP contribution in [0.1, 0.15) is 17.3 Å². The summed E-state index contributed by atoms with van der Waals surface area (Å²) < 4.78 is 38.9. The van der Waals surface area contributed by atoms with Gasteiger partial charge in [-0.05, 0) is 25.1 Å². The van der Waals surface area contributed by atoms with Crippen molar-refractivity contribution in [3.8, 4) is 5.75 Å². The maximum Gasteiger partial charge on any atom is 0.255 e. The Morgan fingerprint density at radius 2 is 2.10 bits per heavy atom. The van der Waals surface area contributed by atoms with Gasteiger partial charge < -0.3 is 10.1 Å². The molecule has 0 saturated carbocycles. The molecule has 9 heteroatoms. The zero-order valence-electron chi connectivity index (χ0n) is 11.8. The summed E-state index contributed by atoms with van der Waals surface area (Å²) in [6.07, 6.45) is 1.53. The van der Waals surface area contributed by atoms with E-state index in [1.165, 1.54) is 24.5 Å². The van der Waals surface area contributed by atoms with Gasteiger partial charge in [-0.3, -0.25) is 9.00 Å². The smallest absolute Gasteiger partial charge is 0.255 e. The number of sulfonamides is 1. The molecule has 0 aliphatic carbocycles. The van der Waals surface area contributed by atoms with Crippen LogP contribution in [-0.2, 0) is 20.8 Å². The van der Waals surface area contributed by atoms with Crippen molar-refractivity contribution in [3.63, 3.8) is 0 Å². The molecular formula is C12H18N2O5S2. The second kappa shape index (κ2) is 7.53. The van der Waals surface area contributed by atoms with E-state index in [1.54, 1.807) is 6.92 Å². The fourth-order valence-electron chi connectivity index (χ4n) is 1.55. The summed E-state index contributed by atoms with van der Waals surface area (Å²) >= 11 is 0. The Morgan fingerprint density at radius 1 is 1.43 bits per heavy atom. The minimum atomic E-state index is -3.91. The molecule has 3 N–H and O–H groups in total. The number of rotatable bonds is 7. The van der Waals surface area contributed by atoms with Crippen LogP contribution in [0.4, 0.5) is 0 Å². The number of nitrogens with two attached hydrogens (primary N) is 1. The highest BCUT2D eigenvalue weighted by atomic mass is 32.2. The van der Waals surface area contributed by atoms with E-state index < -0.39 is 26.7 Å². The average Bonchev–Trinajstić information content (AvgIpc) is 2.37. The number of hydrogen-bond donors (Lipinski definition) is 2. The van der Waals surface area contributed by atoms with Gasteiger partial charge in [0.1, 0.15) is 5.75 Å². The normalized spacial score (nSPS) is 12.7. The Morgan fingerprint density at radius 3 is 2.62 bits per heavy atom. The van der Waals surface area contributed by atoms with E-state index >= 15 is 0 Å². The Balaban J connectivity index is 3.05. The summed E-state index contributed by atoms with van der Waals surface area (Å²) in [4.78, 5) is 11.9. The molecular weight excluding hydrogens is 316 g/mol. The van der Waals surface area contributed by atoms with E-state index in [4.69, 9.17) is 9.88 Å². The predicted octanol–water partition coefficient (Wildman–Crippen LogP) is -0.159. The lowest BCUT2D eigenvalue weighted by molar-refractivity contribution is 0.0952. The lowest BCUT2D eigenvalue weighted by Crippen LogP contribution is -2.28. The Kier molecular flexibility index (Phi) is 6.31. The molecule has 21 heavy (non-hydrogen) atoms. The molecule has 0 aliphatic rings. The Bertz CT molecular complexity index is 643. The summed E-state index contributed by atoms with van der Waals surface area (Å²) in [6.45, 7) is 2.29. The Hall–Kier alpha value is -1.45. The van der Waals surface area contributed by atoms with E-state index in [0.29, 0.717) is 12.4 Å². The van der Waals surface area contributed by atoms with E-state index in [1.807, 2.05) is 0 Å². The highest BCUT2D eigenvalue weighted by molar-refractivity contribution is 7.89. The van der Waals surface area contributed by atoms with Crippen LogP contribution >= 0.6 is 0 Å². The lowest BCUT2D eigenvalue weighted by atomic mass is 10.2. The zero-order chi connectivity index (χ0) is 16.0. The summed E-state index contributed by atoms with van der Waals surface area (Å²) in [5, 5.41) is 7.61. The van der Waals surface area contributed by atoms with Gasteiger partial charge in [-0.1, -0.05) is 0 Å². The van der Waals surface area contributed by atoms with E-state index in [2.05, 4.69) is 5.32 Å². The second-order valence-corrected chi connectivity index (χ2v) is 7.29. The summed E-state index contributed by atoms with van der Waals surface area (Å²) in [5.41, 5.74) is 0.0743. The molecule has 0 radical (unpaired) electrons. The van der Waals surface area contributed by atoms with Crippen LogP contribution in [0.5, 0.6) is 5.75 Å². The van der Waals surface area contributed by atoms with Gasteiger partial charge in [0.05, 0.1) is 17.1 Å². The standard InChI is InChI=1S/C12H18N2O5S2/c1-3-19-11-5-4-9(21(13,17)18)8-10(11)12(15)14-6-7-20(2)16/h4-5,8H,3,6-7H2,1-2H3,(H,14,15)(H2,13,17,18). The summed E-state index contributed by atoms with van der Waals surface area (Å²) in [5.74, 6) is 0.0688. The highest BCUT2D eigenvalue weighted by Gasteiger charge is 2.17. The summed E-state index contributed by atoms with van der Waals surface area (Å²) in [6, 6.07) is 3.83. The van der Waals surface area contributed by atoms with Gasteiger partial charge in [-0.25, -0.2) is 13.6 Å². The second-order valence-electron chi connectivity index (χ2n) is 4.17. The number of ether oxygens (including phenoxy) is 1. The largest absolute Gasteiger partial charge is 0.493 e. The maximum absolute atomic E-state index is 12.1. The first kappa shape index (κ1) is 17.6. The molecule has 1 unspecified atom stereocenters. The molecule has 118 valence electrons. The highest BCUT2D eigenvalue weighted by Crippen LogP contribution is 2.22. The number of primary sulfonamides is 1. The molecule has 1 aromatic carbocycles. The third-order valence-electron chi connectivity index (χ3n) is 2.50. The van der Waals surface area contributed by atoms with Crippen LogP contribution in [0, 0.1) is 0 Å². The molecule has 0 aliphatic heterocycles. The molecule has 0 saturated heterocycles. The number of carbonyl (C=O) groups is 1. The van der Waals surface area contributed by atoms with Gasteiger partial charge in [0, 0.05) is 29.4 Å². The number of nitrogens with one attached hydrogen (secondary N) is 1. The van der Waals surface area contributed by atoms with Crippen molar-refractivity contribution < 1.29 is 22.2 Å². The van der Waals surface area contributed by atoms with Gasteiger partial charge in [0.2, 0.25) is 10.0 Å². The van der Waals surface area contributed by atoms with Gasteiger partial charge in [-0.15, -0.1) is 0 Å². The number of carbonyl (C=O) groups excluding carboxylic acids is 1. The minimum absolute atomic E-state index is 0.0743. The van der Waals surface area contributed by atoms with E-state index in [0.717, 1.165) is 0 Å². The van der Waals surface area contributed by atoms with Crippen molar-refractivity contribution in [1.29, 1.82) is 0 Å². The van der Waals surface area contributed by atoms with Crippen LogP contribution in [0.2, 0.25) is 0 Å². The van der Waals surface area contributed by atoms with Gasteiger partial charge in [0.15, 0.2) is 0 Å². The van der Waals surface area contributed by atoms with Gasteiger partial charge in [0.25, 0.3) is 5.91 Å². The molecule has 1 amide bonds. The van der Waals surface area contributed by atoms with Crippen molar-refractivity contribution in [2.75, 3.05) is 25.2 Å². The SMILES string of the molecule is CCOc1ccc(S(N)(=O)=O)cc1C(=O)NCCS(C)=O. The Labute approximate surface area is 126 Å². The molecule has 0 aromatic heterocycles. The van der Waals surface area contributed by atoms with Crippen LogP contribution in [-0.4, -0.2) is 43.7 Å².